The van der Waals surface area contributed by atoms with E-state index in [0.717, 1.165) is 29.1 Å². The van der Waals surface area contributed by atoms with E-state index in [2.05, 4.69) is 0 Å². The van der Waals surface area contributed by atoms with Crippen LogP contribution in [0.2, 0.25) is 20.1 Å². The lowest BCUT2D eigenvalue weighted by molar-refractivity contribution is 0.470. The molecular weight excluding hydrogens is 442 g/mol. The van der Waals surface area contributed by atoms with Gasteiger partial charge in [-0.25, -0.2) is 0 Å². The predicted octanol–water partition coefficient (Wildman–Crippen LogP) is 7.27. The summed E-state index contributed by atoms with van der Waals surface area (Å²) in [6, 6.07) is 6.52. The summed E-state index contributed by atoms with van der Waals surface area (Å²) in [6.07, 6.45) is 0.999. The van der Waals surface area contributed by atoms with Gasteiger partial charge in [-0.3, -0.25) is 0 Å². The summed E-state index contributed by atoms with van der Waals surface area (Å²) in [5.41, 5.74) is 1.49. The first-order chi connectivity index (χ1) is 11.9. The molecule has 136 valence electrons. The molecule has 2 aromatic carbocycles. The number of benzene rings is 2. The highest BCUT2D eigenvalue weighted by molar-refractivity contribution is 7.99. The van der Waals surface area contributed by atoms with Gasteiger partial charge in [0.2, 0.25) is 0 Å². The zero-order valence-corrected chi connectivity index (χ0v) is 17.7. The second-order valence-corrected chi connectivity index (χ2v) is 9.15. The van der Waals surface area contributed by atoms with E-state index in [1.54, 1.807) is 35.7 Å². The molecule has 0 saturated carbocycles. The van der Waals surface area contributed by atoms with Crippen LogP contribution in [0, 0.1) is 0 Å². The summed E-state index contributed by atoms with van der Waals surface area (Å²) in [7, 11) is 0. The van der Waals surface area contributed by atoms with Gasteiger partial charge in [0.25, 0.3) is 0 Å². The Morgan fingerprint density at radius 2 is 1.08 bits per heavy atom. The number of phenolic OH excluding ortho intramolecular Hbond substituents is 2. The van der Waals surface area contributed by atoms with E-state index in [9.17, 15) is 10.2 Å². The maximum absolute atomic E-state index is 9.91. The molecule has 2 aromatic rings. The molecule has 0 aliphatic rings. The van der Waals surface area contributed by atoms with Crippen molar-refractivity contribution in [2.75, 3.05) is 11.5 Å². The van der Waals surface area contributed by atoms with Crippen molar-refractivity contribution in [2.24, 2.45) is 0 Å². The number of aromatic hydroxyl groups is 2. The van der Waals surface area contributed by atoms with Crippen molar-refractivity contribution in [3.05, 3.63) is 55.5 Å². The molecule has 0 aliphatic heterocycles. The van der Waals surface area contributed by atoms with Crippen LogP contribution in [0.5, 0.6) is 11.5 Å². The van der Waals surface area contributed by atoms with Gasteiger partial charge < -0.3 is 10.2 Å². The summed E-state index contributed by atoms with van der Waals surface area (Å²) in [6.45, 7) is 0. The van der Waals surface area contributed by atoms with Crippen LogP contribution in [0.4, 0.5) is 0 Å². The molecule has 0 atom stereocenters. The quantitative estimate of drug-likeness (QED) is 0.409. The molecule has 8 heteroatoms. The molecule has 0 heterocycles. The van der Waals surface area contributed by atoms with Gasteiger partial charge in [-0.15, -0.1) is 0 Å². The first-order valence-corrected chi connectivity index (χ1v) is 11.2. The Morgan fingerprint density at radius 1 is 0.680 bits per heavy atom. The Labute approximate surface area is 175 Å². The average Bonchev–Trinajstić information content (AvgIpc) is 2.55. The fraction of sp³-hybridized carbons (Fsp3) is 0.294. The number of rotatable bonds is 8. The highest BCUT2D eigenvalue weighted by atomic mass is 35.5. The van der Waals surface area contributed by atoms with E-state index in [1.165, 1.54) is 12.1 Å². The molecular formula is C17H16Cl4O2S2. The van der Waals surface area contributed by atoms with Crippen LogP contribution < -0.4 is 0 Å². The second-order valence-electron chi connectivity index (χ2n) is 5.25. The Balaban J connectivity index is 1.69. The molecule has 0 bridgehead atoms. The van der Waals surface area contributed by atoms with Gasteiger partial charge in [0.1, 0.15) is 11.5 Å². The number of hydrogen-bond acceptors (Lipinski definition) is 4. The number of hydrogen-bond donors (Lipinski definition) is 2. The molecule has 0 spiro atoms. The van der Waals surface area contributed by atoms with Crippen molar-refractivity contribution < 1.29 is 10.2 Å². The molecule has 0 aromatic heterocycles. The van der Waals surface area contributed by atoms with E-state index < -0.39 is 0 Å². The first-order valence-electron chi connectivity index (χ1n) is 7.37. The SMILES string of the molecule is Oc1c(Cl)cc(Cl)cc1CSCCCSCc1cc(Cl)cc(Cl)c1O. The summed E-state index contributed by atoms with van der Waals surface area (Å²) >= 11 is 27.1. The number of thioether (sulfide) groups is 2. The normalized spacial score (nSPS) is 11.0. The van der Waals surface area contributed by atoms with Gasteiger partial charge in [-0.05, 0) is 42.2 Å². The molecule has 0 radical (unpaired) electrons. The van der Waals surface area contributed by atoms with Crippen LogP contribution >= 0.6 is 69.9 Å². The third kappa shape index (κ3) is 6.53. The Morgan fingerprint density at radius 3 is 1.48 bits per heavy atom. The monoisotopic (exact) mass is 456 g/mol. The fourth-order valence-corrected chi connectivity index (χ4v) is 5.21. The smallest absolute Gasteiger partial charge is 0.138 e. The highest BCUT2D eigenvalue weighted by Gasteiger charge is 2.09. The zero-order chi connectivity index (χ0) is 18.4. The van der Waals surface area contributed by atoms with E-state index in [1.807, 2.05) is 0 Å². The van der Waals surface area contributed by atoms with Crippen molar-refractivity contribution in [3.8, 4) is 11.5 Å². The van der Waals surface area contributed by atoms with Crippen LogP contribution in [-0.4, -0.2) is 21.7 Å². The van der Waals surface area contributed by atoms with E-state index >= 15 is 0 Å². The fourth-order valence-electron chi connectivity index (χ4n) is 2.09. The lowest BCUT2D eigenvalue weighted by Gasteiger charge is -2.08. The van der Waals surface area contributed by atoms with Gasteiger partial charge >= 0.3 is 0 Å². The topological polar surface area (TPSA) is 40.5 Å². The lowest BCUT2D eigenvalue weighted by atomic mass is 10.2. The molecule has 25 heavy (non-hydrogen) atoms. The second kappa shape index (κ2) is 10.3. The van der Waals surface area contributed by atoms with Crippen molar-refractivity contribution in [1.29, 1.82) is 0 Å². The Bertz CT molecular complexity index is 680. The first kappa shape index (κ1) is 21.2. The van der Waals surface area contributed by atoms with Crippen LogP contribution in [-0.2, 0) is 11.5 Å². The Hall–Kier alpha value is -0.100. The molecule has 0 amide bonds. The van der Waals surface area contributed by atoms with Gasteiger partial charge in [-0.1, -0.05) is 46.4 Å². The summed E-state index contributed by atoms with van der Waals surface area (Å²) in [5, 5.41) is 21.4. The molecule has 0 fully saturated rings. The molecule has 0 saturated heterocycles. The third-order valence-electron chi connectivity index (χ3n) is 3.31. The van der Waals surface area contributed by atoms with Crippen LogP contribution in [0.25, 0.3) is 0 Å². The maximum Gasteiger partial charge on any atom is 0.138 e. The zero-order valence-electron chi connectivity index (χ0n) is 13.1. The molecule has 0 aliphatic carbocycles. The minimum absolute atomic E-state index is 0.0984. The average molecular weight is 458 g/mol. The van der Waals surface area contributed by atoms with E-state index in [4.69, 9.17) is 46.4 Å². The lowest BCUT2D eigenvalue weighted by Crippen LogP contribution is -1.90. The summed E-state index contributed by atoms with van der Waals surface area (Å²) < 4.78 is 0. The van der Waals surface area contributed by atoms with Crippen molar-refractivity contribution >= 4 is 69.9 Å². The van der Waals surface area contributed by atoms with Crippen LogP contribution in [0.3, 0.4) is 0 Å². The number of halogens is 4. The molecule has 2 N–H and O–H groups in total. The summed E-state index contributed by atoms with van der Waals surface area (Å²) in [4.78, 5) is 0. The highest BCUT2D eigenvalue weighted by Crippen LogP contribution is 2.35. The van der Waals surface area contributed by atoms with Crippen molar-refractivity contribution in [3.63, 3.8) is 0 Å². The largest absolute Gasteiger partial charge is 0.506 e. The predicted molar refractivity (Wildman–Crippen MR) is 113 cm³/mol. The minimum atomic E-state index is 0.0984. The van der Waals surface area contributed by atoms with Gasteiger partial charge in [0.05, 0.1) is 10.0 Å². The van der Waals surface area contributed by atoms with Gasteiger partial charge in [0.15, 0.2) is 0 Å². The van der Waals surface area contributed by atoms with Crippen molar-refractivity contribution in [1.82, 2.24) is 0 Å². The molecule has 2 nitrogen and oxygen atoms in total. The Kier molecular flexibility index (Phi) is 8.73. The van der Waals surface area contributed by atoms with E-state index in [0.29, 0.717) is 21.6 Å². The van der Waals surface area contributed by atoms with Crippen LogP contribution in [0.1, 0.15) is 17.5 Å². The summed E-state index contributed by atoms with van der Waals surface area (Å²) in [5.74, 6) is 3.39. The minimum Gasteiger partial charge on any atom is -0.506 e. The number of phenols is 2. The third-order valence-corrected chi connectivity index (χ3v) is 6.50. The van der Waals surface area contributed by atoms with E-state index in [-0.39, 0.29) is 21.5 Å². The molecule has 0 unspecified atom stereocenters. The maximum atomic E-state index is 9.91. The molecule has 2 rings (SSSR count). The van der Waals surface area contributed by atoms with Crippen LogP contribution in [0.15, 0.2) is 24.3 Å². The van der Waals surface area contributed by atoms with Gasteiger partial charge in [0, 0.05) is 32.7 Å². The standard InChI is InChI=1S/C17H16Cl4O2S2/c18-12-4-10(16(22)14(20)6-12)8-24-2-1-3-25-9-11-5-13(19)7-15(21)17(11)23/h4-7,22-23H,1-3,8-9H2. The van der Waals surface area contributed by atoms with Gasteiger partial charge in [-0.2, -0.15) is 23.5 Å². The van der Waals surface area contributed by atoms with Crippen molar-refractivity contribution in [2.45, 2.75) is 17.9 Å².